The van der Waals surface area contributed by atoms with Gasteiger partial charge in [0.25, 0.3) is 0 Å². The molecule has 0 aliphatic carbocycles. The molecule has 1 aliphatic heterocycles. The first-order valence-electron chi connectivity index (χ1n) is 26.4. The van der Waals surface area contributed by atoms with Crippen molar-refractivity contribution in [1.82, 2.24) is 9.13 Å². The number of thiophene rings is 8. The molecule has 388 valence electrons. The first-order valence-corrected chi connectivity index (χ1v) is 35.9. The molecule has 0 unspecified atom stereocenters. The van der Waals surface area contributed by atoms with E-state index in [1.165, 1.54) is 110 Å². The molecule has 0 fully saturated rings. The molecule has 20 rings (SSSR count). The molecule has 4 aromatic carbocycles. The lowest BCUT2D eigenvalue weighted by Crippen LogP contribution is -2.48. The van der Waals surface area contributed by atoms with Crippen LogP contribution in [0, 0.1) is 41.5 Å². The molecule has 15 aromatic heterocycles. The van der Waals surface area contributed by atoms with E-state index in [0.717, 1.165) is 93.6 Å². The Hall–Kier alpha value is -6.70. The molecule has 0 N–H and O–H groups in total. The van der Waals surface area contributed by atoms with Crippen LogP contribution in [0.5, 0.6) is 0 Å². The lowest BCUT2D eigenvalue weighted by Gasteiger charge is -2.17. The number of furan rings is 5. The Kier molecular flexibility index (Phi) is 8.87. The Morgan fingerprint density at radius 3 is 1.61 bits per heavy atom. The van der Waals surface area contributed by atoms with E-state index in [-0.39, 0.29) is 0 Å². The van der Waals surface area contributed by atoms with Crippen molar-refractivity contribution in [2.45, 2.75) is 54.6 Å². The summed E-state index contributed by atoms with van der Waals surface area (Å²) in [6, 6.07) is 35.5. The van der Waals surface area contributed by atoms with Crippen molar-refractivity contribution in [3.05, 3.63) is 128 Å². The highest BCUT2D eigenvalue weighted by Gasteiger charge is 2.46. The predicted octanol–water partition coefficient (Wildman–Crippen LogP) is 22.2. The maximum Gasteiger partial charge on any atom is 0.190 e. The Balaban J connectivity index is 0.000000120. The number of hydrogen-bond acceptors (Lipinski definition) is 13. The van der Waals surface area contributed by atoms with Crippen molar-refractivity contribution in [2.75, 3.05) is 0 Å². The molecule has 0 atom stereocenters. The van der Waals surface area contributed by atoms with E-state index in [9.17, 15) is 0 Å². The molecule has 16 heterocycles. The minimum atomic E-state index is -1.95. The molecule has 0 bridgehead atoms. The molecular formula is C64H40N2O5S8Si. The van der Waals surface area contributed by atoms with Crippen molar-refractivity contribution in [3.63, 3.8) is 0 Å². The van der Waals surface area contributed by atoms with Gasteiger partial charge >= 0.3 is 0 Å². The van der Waals surface area contributed by atoms with Gasteiger partial charge in [0.1, 0.15) is 52.8 Å². The zero-order valence-corrected chi connectivity index (χ0v) is 51.5. The summed E-state index contributed by atoms with van der Waals surface area (Å²) in [5.74, 6) is 1.10. The zero-order chi connectivity index (χ0) is 53.3. The summed E-state index contributed by atoms with van der Waals surface area (Å²) >= 11 is 14.8. The number of rotatable bonds is 2. The van der Waals surface area contributed by atoms with E-state index in [0.29, 0.717) is 0 Å². The van der Waals surface area contributed by atoms with Gasteiger partial charge in [-0.15, -0.1) is 90.7 Å². The standard InChI is InChI=1S/C33H23NO2S4Si.C31H17NO3S4/c1-14-6-8-17(9-7-14)34-24-18-12-21-19(13-20(18)35-26(24)30-25(34)28-22(39-30)10-15(2)37-28)32-27(36-21)31-33(41(32,4)5)29-23(40-31)11-16(3)38-29;1-12-4-6-15(7-5-12)32-18-8-13(2)36-28(18)30-22(32)23-26(38-30)16-10-20-17(11-19(16)33-23)27-24(34-20)25-31(39-27)29-21(35-25)9-14(3)37-29/h6-13H,1-5H3;4-11H,1-3H3. The Bertz CT molecular complexity index is 5960. The highest BCUT2D eigenvalue weighted by Crippen LogP contribution is 2.54. The second-order valence-electron chi connectivity index (χ2n) is 22.2. The third kappa shape index (κ3) is 5.86. The average Bonchev–Trinajstić information content (AvgIpc) is 4.43. The van der Waals surface area contributed by atoms with Crippen LogP contribution in [-0.4, -0.2) is 17.2 Å². The summed E-state index contributed by atoms with van der Waals surface area (Å²) in [5.41, 5.74) is 17.9. The minimum Gasteiger partial charge on any atom is -0.455 e. The van der Waals surface area contributed by atoms with Gasteiger partial charge in [0.15, 0.2) is 22.3 Å². The zero-order valence-electron chi connectivity index (χ0n) is 43.9. The lowest BCUT2D eigenvalue weighted by molar-refractivity contribution is 0.634. The van der Waals surface area contributed by atoms with Gasteiger partial charge in [-0.2, -0.15) is 0 Å². The Labute approximate surface area is 485 Å². The highest BCUT2D eigenvalue weighted by atomic mass is 32.1. The monoisotopic (exact) mass is 1200 g/mol. The fraction of sp³-hybridized carbons (Fsp3) is 0.125. The SMILES string of the molecule is Cc1ccc(-n2c3c4cc5oc6c(c5cc4oc3c3sc4cc(C)sc4c32)[Si](C)(C)c2c-6sc3cc(C)sc23)cc1.Cc1ccc(-n2c3cc(C)sc3c3sc4c5cc6oc7c8oc9cc(C)sc9c8sc7c6cc5oc4c32)cc1. The quantitative estimate of drug-likeness (QED) is 0.161. The maximum atomic E-state index is 6.83. The minimum absolute atomic E-state index is 0.841. The smallest absolute Gasteiger partial charge is 0.190 e. The molecule has 80 heavy (non-hydrogen) atoms. The van der Waals surface area contributed by atoms with Gasteiger partial charge in [0.2, 0.25) is 0 Å². The first-order chi connectivity index (χ1) is 38.8. The number of benzene rings is 4. The summed E-state index contributed by atoms with van der Waals surface area (Å²) in [6.45, 7) is 18.0. The van der Waals surface area contributed by atoms with Gasteiger partial charge < -0.3 is 31.2 Å². The van der Waals surface area contributed by atoms with Crippen LogP contribution in [0.15, 0.2) is 119 Å². The summed E-state index contributed by atoms with van der Waals surface area (Å²) in [4.78, 5) is 6.66. The van der Waals surface area contributed by atoms with Crippen molar-refractivity contribution < 1.29 is 22.1 Å². The van der Waals surface area contributed by atoms with Crippen LogP contribution in [-0.2, 0) is 0 Å². The van der Waals surface area contributed by atoms with E-state index in [1.807, 2.05) is 68.0 Å². The van der Waals surface area contributed by atoms with E-state index in [2.05, 4.69) is 161 Å². The maximum absolute atomic E-state index is 6.83. The van der Waals surface area contributed by atoms with Crippen molar-refractivity contribution >= 4 is 255 Å². The van der Waals surface area contributed by atoms with Gasteiger partial charge in [0.05, 0.1) is 53.5 Å². The first kappa shape index (κ1) is 46.0. The summed E-state index contributed by atoms with van der Waals surface area (Å²) in [5, 5.41) is 7.53. The fourth-order valence-corrected chi connectivity index (χ4v) is 27.8. The van der Waals surface area contributed by atoms with Crippen molar-refractivity contribution in [1.29, 1.82) is 0 Å². The van der Waals surface area contributed by atoms with Gasteiger partial charge in [-0.3, -0.25) is 0 Å². The number of aromatic nitrogens is 2. The molecule has 1 aliphatic rings. The van der Waals surface area contributed by atoms with Gasteiger partial charge in [-0.25, -0.2) is 0 Å². The van der Waals surface area contributed by atoms with Gasteiger partial charge in [-0.05, 0) is 125 Å². The molecule has 7 nitrogen and oxygen atoms in total. The van der Waals surface area contributed by atoms with Crippen LogP contribution in [0.4, 0.5) is 0 Å². The van der Waals surface area contributed by atoms with Gasteiger partial charge in [0, 0.05) is 66.5 Å². The third-order valence-corrected chi connectivity index (χ3v) is 29.8. The number of fused-ring (bicyclic) bond motifs is 28. The molecule has 0 spiro atoms. The normalized spacial score (nSPS) is 13.8. The highest BCUT2D eigenvalue weighted by molar-refractivity contribution is 7.35. The van der Waals surface area contributed by atoms with E-state index in [1.54, 1.807) is 27.9 Å². The molecule has 0 amide bonds. The Morgan fingerprint density at radius 1 is 0.350 bits per heavy atom. The number of hydrogen-bond donors (Lipinski definition) is 0. The second kappa shape index (κ2) is 15.4. The molecule has 0 radical (unpaired) electrons. The summed E-state index contributed by atoms with van der Waals surface area (Å²) < 4.78 is 52.0. The van der Waals surface area contributed by atoms with Crippen LogP contribution in [0.3, 0.4) is 0 Å². The van der Waals surface area contributed by atoms with E-state index >= 15 is 0 Å². The summed E-state index contributed by atoms with van der Waals surface area (Å²) in [6.07, 6.45) is 0. The second-order valence-corrected chi connectivity index (χ2v) is 35.6. The number of nitrogens with zero attached hydrogens (tertiary/aromatic N) is 2. The summed E-state index contributed by atoms with van der Waals surface area (Å²) in [7, 11) is -1.95. The molecule has 19 aromatic rings. The van der Waals surface area contributed by atoms with Crippen molar-refractivity contribution in [3.8, 4) is 22.0 Å². The topological polar surface area (TPSA) is 75.6 Å². The molecular weight excluding hydrogens is 1160 g/mol. The van der Waals surface area contributed by atoms with E-state index in [4.69, 9.17) is 22.1 Å². The molecule has 0 saturated heterocycles. The number of aryl methyl sites for hydroxylation is 6. The van der Waals surface area contributed by atoms with Crippen LogP contribution < -0.4 is 10.4 Å². The Morgan fingerprint density at radius 2 is 0.875 bits per heavy atom. The van der Waals surface area contributed by atoms with Crippen LogP contribution in [0.1, 0.15) is 30.6 Å². The molecule has 16 heteroatoms. The van der Waals surface area contributed by atoms with Crippen LogP contribution >= 0.6 is 90.7 Å². The average molecular weight is 1200 g/mol. The van der Waals surface area contributed by atoms with Crippen LogP contribution in [0.2, 0.25) is 13.1 Å². The third-order valence-electron chi connectivity index (χ3n) is 16.5. The predicted molar refractivity (Wildman–Crippen MR) is 352 cm³/mol. The molecule has 0 saturated carbocycles. The largest absolute Gasteiger partial charge is 0.455 e. The van der Waals surface area contributed by atoms with Gasteiger partial charge in [-0.1, -0.05) is 48.5 Å². The van der Waals surface area contributed by atoms with Crippen molar-refractivity contribution in [2.24, 2.45) is 0 Å². The van der Waals surface area contributed by atoms with Crippen LogP contribution in [0.25, 0.3) is 168 Å². The lowest BCUT2D eigenvalue weighted by atomic mass is 10.1. The van der Waals surface area contributed by atoms with E-state index < -0.39 is 8.07 Å². The fourth-order valence-electron chi connectivity index (χ4n) is 13.1.